The van der Waals surface area contributed by atoms with E-state index < -0.39 is 11.8 Å². The summed E-state index contributed by atoms with van der Waals surface area (Å²) in [5.74, 6) is 0.269. The molecule has 34 heavy (non-hydrogen) atoms. The molecular formula is C24H26FN6O3-. The van der Waals surface area contributed by atoms with E-state index in [-0.39, 0.29) is 17.8 Å². The van der Waals surface area contributed by atoms with Crippen molar-refractivity contribution in [2.75, 3.05) is 36.6 Å². The fourth-order valence-electron chi connectivity index (χ4n) is 4.61. The Morgan fingerprint density at radius 2 is 2.15 bits per heavy atom. The zero-order valence-corrected chi connectivity index (χ0v) is 19.0. The van der Waals surface area contributed by atoms with Gasteiger partial charge in [-0.3, -0.25) is 4.99 Å². The number of anilines is 3. The third-order valence-corrected chi connectivity index (χ3v) is 6.46. The van der Waals surface area contributed by atoms with Crippen LogP contribution in [0.15, 0.2) is 29.5 Å². The van der Waals surface area contributed by atoms with Gasteiger partial charge in [0.25, 0.3) is 0 Å². The Hall–Kier alpha value is -3.66. The second-order valence-electron chi connectivity index (χ2n) is 8.58. The van der Waals surface area contributed by atoms with Crippen molar-refractivity contribution in [3.63, 3.8) is 0 Å². The molecule has 0 amide bonds. The molecule has 1 fully saturated rings. The van der Waals surface area contributed by atoms with Crippen molar-refractivity contribution in [1.29, 1.82) is 0 Å². The maximum Gasteiger partial charge on any atom is 0.237 e. The van der Waals surface area contributed by atoms with E-state index >= 15 is 4.39 Å². The summed E-state index contributed by atoms with van der Waals surface area (Å²) in [5.41, 5.74) is 8.60. The molecular weight excluding hydrogens is 439 g/mol. The highest BCUT2D eigenvalue weighted by molar-refractivity contribution is 5.99. The van der Waals surface area contributed by atoms with E-state index in [9.17, 15) is 5.11 Å². The largest absolute Gasteiger partial charge is 0.846 e. The Morgan fingerprint density at radius 1 is 1.29 bits per heavy atom. The van der Waals surface area contributed by atoms with Crippen LogP contribution in [0.25, 0.3) is 21.9 Å². The molecule has 1 aliphatic heterocycles. The van der Waals surface area contributed by atoms with Crippen molar-refractivity contribution >= 4 is 34.0 Å². The highest BCUT2D eigenvalue weighted by Gasteiger charge is 2.24. The Bertz CT molecular complexity index is 1280. The number of methoxy groups -OCH3 is 1. The highest BCUT2D eigenvalue weighted by atomic mass is 19.1. The monoisotopic (exact) mass is 465 g/mol. The zero-order chi connectivity index (χ0) is 23.8. The van der Waals surface area contributed by atoms with Gasteiger partial charge in [-0.2, -0.15) is 0 Å². The van der Waals surface area contributed by atoms with Gasteiger partial charge in [0.15, 0.2) is 5.82 Å². The van der Waals surface area contributed by atoms with Gasteiger partial charge in [0.2, 0.25) is 5.88 Å². The first kappa shape index (κ1) is 22.1. The number of nitrogen functional groups attached to an aromatic ring is 1. The Morgan fingerprint density at radius 3 is 2.94 bits per heavy atom. The lowest BCUT2D eigenvalue weighted by atomic mass is 9.97. The number of hydrogen-bond acceptors (Lipinski definition) is 8. The molecule has 1 saturated carbocycles. The SMILES string of the molecule is CO[C@H]1CCC(N=C([O-])Nc2cc3cc(-c4cnc5c(c4C)NCCO5)c(F)c(N)c3cn2)C1. The minimum Gasteiger partial charge on any atom is -0.846 e. The molecule has 1 aromatic carbocycles. The third-order valence-electron chi connectivity index (χ3n) is 6.46. The van der Waals surface area contributed by atoms with Crippen LogP contribution in [-0.2, 0) is 4.74 Å². The average molecular weight is 466 g/mol. The Balaban J connectivity index is 1.48. The van der Waals surface area contributed by atoms with Crippen LogP contribution in [0.5, 0.6) is 5.88 Å². The maximum absolute atomic E-state index is 15.3. The first-order valence-electron chi connectivity index (χ1n) is 11.2. The van der Waals surface area contributed by atoms with E-state index in [1.165, 1.54) is 6.20 Å². The molecule has 0 radical (unpaired) electrons. The van der Waals surface area contributed by atoms with Gasteiger partial charge in [-0.25, -0.2) is 14.4 Å². The molecule has 9 nitrogen and oxygen atoms in total. The van der Waals surface area contributed by atoms with Gasteiger partial charge in [-0.15, -0.1) is 0 Å². The van der Waals surface area contributed by atoms with Crippen LogP contribution in [0.1, 0.15) is 24.8 Å². The van der Waals surface area contributed by atoms with Crippen molar-refractivity contribution in [3.8, 4) is 17.0 Å². The quantitative estimate of drug-likeness (QED) is 0.305. The summed E-state index contributed by atoms with van der Waals surface area (Å²) in [4.78, 5) is 12.8. The molecule has 178 valence electrons. The summed E-state index contributed by atoms with van der Waals surface area (Å²) in [6.07, 6.45) is 5.60. The number of halogens is 1. The van der Waals surface area contributed by atoms with E-state index in [4.69, 9.17) is 15.2 Å². The van der Waals surface area contributed by atoms with Gasteiger partial charge in [0.1, 0.15) is 18.1 Å². The predicted octanol–water partition coefficient (Wildman–Crippen LogP) is 2.83. The molecule has 0 spiro atoms. The van der Waals surface area contributed by atoms with Gasteiger partial charge in [-0.05, 0) is 49.3 Å². The Kier molecular flexibility index (Phi) is 5.82. The minimum absolute atomic E-state index is 0.0135. The van der Waals surface area contributed by atoms with E-state index in [0.717, 1.165) is 30.5 Å². The lowest BCUT2D eigenvalue weighted by molar-refractivity contribution is -0.215. The summed E-state index contributed by atoms with van der Waals surface area (Å²) >= 11 is 0. The summed E-state index contributed by atoms with van der Waals surface area (Å²) in [7, 11) is 1.67. The number of amidine groups is 1. The molecule has 4 N–H and O–H groups in total. The average Bonchev–Trinajstić information content (AvgIpc) is 3.29. The standard InChI is InChI=1S/C24H27FN6O3/c1-12-17(10-29-23-22(12)27-5-6-34-23)16-7-13-8-19(28-11-18(13)21(26)20(16)25)31-24(32)30-14-3-4-15(9-14)33-2/h7-8,10-11,14-15,27H,3-6,9,26H2,1-2H3,(H2,28,30,31,32)/p-1/t14?,15-/m0/s1. The van der Waals surface area contributed by atoms with Crippen LogP contribution in [0, 0.1) is 12.7 Å². The highest BCUT2D eigenvalue weighted by Crippen LogP contribution is 2.39. The van der Waals surface area contributed by atoms with E-state index in [2.05, 4.69) is 25.6 Å². The fraction of sp³-hybridized carbons (Fsp3) is 0.375. The van der Waals surface area contributed by atoms with Crippen molar-refractivity contribution in [3.05, 3.63) is 35.9 Å². The lowest BCUT2D eigenvalue weighted by Crippen LogP contribution is -2.29. The molecule has 3 aromatic rings. The van der Waals surface area contributed by atoms with Crippen molar-refractivity contribution in [1.82, 2.24) is 9.97 Å². The second-order valence-corrected chi connectivity index (χ2v) is 8.58. The van der Waals surface area contributed by atoms with E-state index in [0.29, 0.717) is 46.7 Å². The molecule has 0 saturated heterocycles. The predicted molar refractivity (Wildman–Crippen MR) is 128 cm³/mol. The molecule has 0 bridgehead atoms. The van der Waals surface area contributed by atoms with Crippen LogP contribution in [0.3, 0.4) is 0 Å². The summed E-state index contributed by atoms with van der Waals surface area (Å²) in [6, 6.07) is 2.82. The first-order valence-corrected chi connectivity index (χ1v) is 11.2. The number of hydrogen-bond donors (Lipinski definition) is 3. The minimum atomic E-state index is -0.545. The van der Waals surface area contributed by atoms with Crippen LogP contribution in [0.2, 0.25) is 0 Å². The van der Waals surface area contributed by atoms with E-state index in [1.54, 1.807) is 25.4 Å². The van der Waals surface area contributed by atoms with Crippen LogP contribution < -0.4 is 26.2 Å². The summed E-state index contributed by atoms with van der Waals surface area (Å²) in [5, 5.41) is 19.5. The number of aliphatic imine (C=N–C) groups is 1. The molecule has 1 unspecified atom stereocenters. The molecule has 2 atom stereocenters. The lowest BCUT2D eigenvalue weighted by Gasteiger charge is -2.22. The van der Waals surface area contributed by atoms with E-state index in [1.807, 2.05) is 6.92 Å². The number of pyridine rings is 2. The van der Waals surface area contributed by atoms with Gasteiger partial charge < -0.3 is 30.9 Å². The number of nitrogens with zero attached hydrogens (tertiary/aromatic N) is 3. The Labute approximate surface area is 196 Å². The smallest absolute Gasteiger partial charge is 0.237 e. The summed E-state index contributed by atoms with van der Waals surface area (Å²) in [6.45, 7) is 3.06. The maximum atomic E-state index is 15.3. The van der Waals surface area contributed by atoms with Crippen molar-refractivity contribution in [2.45, 2.75) is 38.3 Å². The third kappa shape index (κ3) is 4.05. The van der Waals surface area contributed by atoms with Crippen molar-refractivity contribution in [2.24, 2.45) is 4.99 Å². The molecule has 2 aliphatic rings. The van der Waals surface area contributed by atoms with Gasteiger partial charge in [0, 0.05) is 42.6 Å². The molecule has 2 aromatic heterocycles. The normalized spacial score (nSPS) is 20.0. The van der Waals surface area contributed by atoms with Crippen LogP contribution >= 0.6 is 0 Å². The molecule has 3 heterocycles. The van der Waals surface area contributed by atoms with Gasteiger partial charge in [0.05, 0.1) is 23.9 Å². The van der Waals surface area contributed by atoms with Crippen molar-refractivity contribution < 1.29 is 19.0 Å². The number of nitrogens with one attached hydrogen (secondary N) is 2. The second kappa shape index (κ2) is 8.94. The topological polar surface area (TPSA) is 130 Å². The number of ether oxygens (including phenoxy) is 2. The fourth-order valence-corrected chi connectivity index (χ4v) is 4.61. The summed E-state index contributed by atoms with van der Waals surface area (Å²) < 4.78 is 26.2. The molecule has 5 rings (SSSR count). The van der Waals surface area contributed by atoms with Gasteiger partial charge in [-0.1, -0.05) is 0 Å². The van der Waals surface area contributed by atoms with Gasteiger partial charge >= 0.3 is 0 Å². The molecule has 10 heteroatoms. The van der Waals surface area contributed by atoms with Crippen LogP contribution in [-0.4, -0.2) is 48.4 Å². The number of benzene rings is 1. The zero-order valence-electron chi connectivity index (χ0n) is 19.0. The number of aromatic nitrogens is 2. The number of rotatable bonds is 4. The molecule has 1 aliphatic carbocycles. The number of fused-ring (bicyclic) bond motifs is 2. The first-order chi connectivity index (χ1) is 16.4. The van der Waals surface area contributed by atoms with Crippen LogP contribution in [0.4, 0.5) is 21.6 Å². The number of nitrogens with two attached hydrogens (primary N) is 1.